The number of aromatic nitrogens is 5. The van der Waals surface area contributed by atoms with Gasteiger partial charge in [0.25, 0.3) is 0 Å². The molecule has 34 heavy (non-hydrogen) atoms. The molecule has 0 atom stereocenters. The lowest BCUT2D eigenvalue weighted by Crippen LogP contribution is -2.35. The fraction of sp³-hybridized carbons (Fsp3) is 0.360. The Bertz CT molecular complexity index is 1350. The molecule has 9 heteroatoms. The molecule has 0 unspecified atom stereocenters. The molecule has 0 aliphatic carbocycles. The van der Waals surface area contributed by atoms with Crippen LogP contribution in [-0.2, 0) is 6.54 Å². The molecule has 4 aromatic rings. The number of pyridine rings is 1. The molecule has 0 bridgehead atoms. The van der Waals surface area contributed by atoms with Gasteiger partial charge in [-0.2, -0.15) is 0 Å². The quantitative estimate of drug-likeness (QED) is 0.439. The zero-order valence-corrected chi connectivity index (χ0v) is 19.4. The number of benzene rings is 1. The number of hydrogen-bond donors (Lipinski definition) is 0. The molecule has 1 aliphatic heterocycles. The van der Waals surface area contributed by atoms with Crippen molar-refractivity contribution in [3.05, 3.63) is 65.4 Å². The van der Waals surface area contributed by atoms with Gasteiger partial charge in [-0.05, 0) is 45.9 Å². The van der Waals surface area contributed by atoms with Gasteiger partial charge in [0.2, 0.25) is 0 Å². The van der Waals surface area contributed by atoms with Gasteiger partial charge < -0.3 is 14.2 Å². The van der Waals surface area contributed by atoms with Gasteiger partial charge >= 0.3 is 0 Å². The van der Waals surface area contributed by atoms with Crippen LogP contribution in [0.15, 0.2) is 36.7 Å². The Labute approximate surface area is 196 Å². The summed E-state index contributed by atoms with van der Waals surface area (Å²) in [7, 11) is 2.09. The summed E-state index contributed by atoms with van der Waals surface area (Å²) in [5.41, 5.74) is 2.80. The van der Waals surface area contributed by atoms with Crippen LogP contribution in [0.25, 0.3) is 22.6 Å². The molecule has 4 heterocycles. The molecule has 1 aliphatic rings. The summed E-state index contributed by atoms with van der Waals surface area (Å²) < 4.78 is 36.9. The summed E-state index contributed by atoms with van der Waals surface area (Å²) in [6, 6.07) is 6.31. The second kappa shape index (κ2) is 9.06. The minimum Gasteiger partial charge on any atom is -0.490 e. The van der Waals surface area contributed by atoms with Gasteiger partial charge in [-0.1, -0.05) is 6.07 Å². The lowest BCUT2D eigenvalue weighted by atomic mass is 10.1. The molecule has 0 N–H and O–H groups in total. The molecule has 0 saturated carbocycles. The van der Waals surface area contributed by atoms with E-state index in [1.807, 2.05) is 6.92 Å². The molecule has 1 aromatic carbocycles. The second-order valence-electron chi connectivity index (χ2n) is 8.82. The molecule has 5 rings (SSSR count). The third kappa shape index (κ3) is 4.48. The predicted molar refractivity (Wildman–Crippen MR) is 125 cm³/mol. The minimum atomic E-state index is -0.475. The highest BCUT2D eigenvalue weighted by Gasteiger charge is 2.21. The van der Waals surface area contributed by atoms with Crippen LogP contribution in [0.4, 0.5) is 8.78 Å². The normalized spacial score (nSPS) is 15.2. The summed E-state index contributed by atoms with van der Waals surface area (Å²) in [4.78, 5) is 19.8. The Morgan fingerprint density at radius 3 is 2.56 bits per heavy atom. The third-order valence-electron chi connectivity index (χ3n) is 6.17. The van der Waals surface area contributed by atoms with Crippen molar-refractivity contribution in [3.63, 3.8) is 0 Å². The molecular weight excluding hydrogens is 438 g/mol. The number of halogens is 2. The van der Waals surface area contributed by atoms with Gasteiger partial charge in [-0.15, -0.1) is 0 Å². The average molecular weight is 465 g/mol. The lowest BCUT2D eigenvalue weighted by molar-refractivity contribution is 0.114. The smallest absolute Gasteiger partial charge is 0.164 e. The first-order chi connectivity index (χ1) is 16.4. The summed E-state index contributed by atoms with van der Waals surface area (Å²) in [5, 5.41) is 0. The summed E-state index contributed by atoms with van der Waals surface area (Å²) in [5.74, 6) is 0.707. The first-order valence-corrected chi connectivity index (χ1v) is 11.3. The molecule has 0 radical (unpaired) electrons. The van der Waals surface area contributed by atoms with Gasteiger partial charge in [-0.3, -0.25) is 4.98 Å². The van der Waals surface area contributed by atoms with Gasteiger partial charge in [0.1, 0.15) is 40.7 Å². The van der Waals surface area contributed by atoms with Crippen LogP contribution in [0.3, 0.4) is 0 Å². The van der Waals surface area contributed by atoms with Gasteiger partial charge in [-0.25, -0.2) is 23.7 Å². The van der Waals surface area contributed by atoms with Crippen LogP contribution < -0.4 is 4.74 Å². The van der Waals surface area contributed by atoms with E-state index in [1.54, 1.807) is 23.6 Å². The van der Waals surface area contributed by atoms with Crippen LogP contribution >= 0.6 is 0 Å². The molecule has 7 nitrogen and oxygen atoms in total. The standard InChI is InChI=1S/C25H26F2N6O/c1-15-23-25(30-16(2)29-15)33(24(31-23)18-10-19(26)13-28-12-18)14-17-4-5-21(11-22(17)27)34-20-6-8-32(3)9-7-20/h4-5,10-13,20H,6-9,14H2,1-3H3. The van der Waals surface area contributed by atoms with Crippen molar-refractivity contribution in [2.24, 2.45) is 0 Å². The van der Waals surface area contributed by atoms with Crippen molar-refractivity contribution < 1.29 is 13.5 Å². The van der Waals surface area contributed by atoms with Crippen molar-refractivity contribution in [3.8, 4) is 17.1 Å². The zero-order valence-electron chi connectivity index (χ0n) is 19.4. The fourth-order valence-corrected chi connectivity index (χ4v) is 4.37. The maximum atomic E-state index is 15.2. The van der Waals surface area contributed by atoms with E-state index in [0.717, 1.165) is 32.1 Å². The molecule has 1 saturated heterocycles. The number of hydrogen-bond acceptors (Lipinski definition) is 6. The van der Waals surface area contributed by atoms with Crippen molar-refractivity contribution in [1.29, 1.82) is 0 Å². The summed E-state index contributed by atoms with van der Waals surface area (Å²) in [6.45, 7) is 5.74. The maximum Gasteiger partial charge on any atom is 0.164 e. The SMILES string of the molecule is Cc1nc(C)c2nc(-c3cncc(F)c3)n(Cc3ccc(OC4CCN(C)CC4)cc3F)c2n1. The van der Waals surface area contributed by atoms with E-state index in [1.165, 1.54) is 18.3 Å². The number of ether oxygens (including phenoxy) is 1. The molecule has 0 spiro atoms. The maximum absolute atomic E-state index is 15.2. The topological polar surface area (TPSA) is 69.0 Å². The fourth-order valence-electron chi connectivity index (χ4n) is 4.37. The number of likely N-dealkylation sites (tertiary alicyclic amines) is 1. The van der Waals surface area contributed by atoms with Crippen molar-refractivity contribution in [2.45, 2.75) is 39.3 Å². The number of imidazole rings is 1. The van der Waals surface area contributed by atoms with Gasteiger partial charge in [0.15, 0.2) is 5.65 Å². The average Bonchev–Trinajstić information content (AvgIpc) is 3.16. The van der Waals surface area contributed by atoms with Crippen molar-refractivity contribution >= 4 is 11.2 Å². The van der Waals surface area contributed by atoms with Crippen LogP contribution in [0, 0.1) is 25.5 Å². The molecule has 3 aromatic heterocycles. The number of rotatable bonds is 5. The van der Waals surface area contributed by atoms with E-state index < -0.39 is 5.82 Å². The van der Waals surface area contributed by atoms with Crippen LogP contribution in [0.2, 0.25) is 0 Å². The van der Waals surface area contributed by atoms with Gasteiger partial charge in [0.05, 0.1) is 18.4 Å². The first kappa shape index (κ1) is 22.3. The summed E-state index contributed by atoms with van der Waals surface area (Å²) in [6.07, 6.45) is 4.60. The molecular formula is C25H26F2N6O. The summed E-state index contributed by atoms with van der Waals surface area (Å²) >= 11 is 0. The Hall–Kier alpha value is -3.46. The highest BCUT2D eigenvalue weighted by atomic mass is 19.1. The Balaban J connectivity index is 1.50. The van der Waals surface area contributed by atoms with E-state index in [0.29, 0.717) is 45.4 Å². The van der Waals surface area contributed by atoms with Crippen LogP contribution in [-0.4, -0.2) is 55.6 Å². The number of aryl methyl sites for hydroxylation is 2. The largest absolute Gasteiger partial charge is 0.490 e. The highest BCUT2D eigenvalue weighted by Crippen LogP contribution is 2.28. The number of nitrogens with zero attached hydrogens (tertiary/aromatic N) is 6. The number of fused-ring (bicyclic) bond motifs is 1. The Morgan fingerprint density at radius 1 is 1.03 bits per heavy atom. The monoisotopic (exact) mass is 464 g/mol. The second-order valence-corrected chi connectivity index (χ2v) is 8.82. The van der Waals surface area contributed by atoms with Crippen molar-refractivity contribution in [2.75, 3.05) is 20.1 Å². The third-order valence-corrected chi connectivity index (χ3v) is 6.17. The van der Waals surface area contributed by atoms with E-state index in [4.69, 9.17) is 4.74 Å². The molecule has 0 amide bonds. The predicted octanol–water partition coefficient (Wildman–Crippen LogP) is 4.30. The van der Waals surface area contributed by atoms with E-state index in [2.05, 4.69) is 31.9 Å². The lowest BCUT2D eigenvalue weighted by Gasteiger charge is -2.29. The molecule has 1 fully saturated rings. The molecule has 176 valence electrons. The number of piperidine rings is 1. The van der Waals surface area contributed by atoms with E-state index >= 15 is 4.39 Å². The van der Waals surface area contributed by atoms with Crippen molar-refractivity contribution in [1.82, 2.24) is 29.4 Å². The first-order valence-electron chi connectivity index (χ1n) is 11.3. The van der Waals surface area contributed by atoms with Gasteiger partial charge in [0, 0.05) is 36.5 Å². The van der Waals surface area contributed by atoms with Crippen LogP contribution in [0.1, 0.15) is 29.9 Å². The van der Waals surface area contributed by atoms with E-state index in [-0.39, 0.29) is 18.5 Å². The highest BCUT2D eigenvalue weighted by molar-refractivity contribution is 5.79. The van der Waals surface area contributed by atoms with Crippen LogP contribution in [0.5, 0.6) is 5.75 Å². The Kier molecular flexibility index (Phi) is 5.95. The Morgan fingerprint density at radius 2 is 1.82 bits per heavy atom. The minimum absolute atomic E-state index is 0.0915. The zero-order chi connectivity index (χ0) is 23.8. The van der Waals surface area contributed by atoms with E-state index in [9.17, 15) is 4.39 Å².